The Balaban J connectivity index is 1.69. The highest BCUT2D eigenvalue weighted by Crippen LogP contribution is 2.34. The van der Waals surface area contributed by atoms with Crippen molar-refractivity contribution < 1.29 is 9.84 Å². The molecule has 1 atom stereocenters. The lowest BCUT2D eigenvalue weighted by Crippen LogP contribution is -2.46. The van der Waals surface area contributed by atoms with Crippen molar-refractivity contribution in [2.24, 2.45) is 5.41 Å². The largest absolute Gasteiger partial charge is 0.497 e. The molecule has 0 spiro atoms. The predicted molar refractivity (Wildman–Crippen MR) is 105 cm³/mol. The maximum Gasteiger partial charge on any atom is 0.187 e. The number of hydrogen-bond acceptors (Lipinski definition) is 6. The van der Waals surface area contributed by atoms with Gasteiger partial charge in [0.25, 0.3) is 0 Å². The molecule has 1 aliphatic rings. The minimum absolute atomic E-state index is 0.106. The standard InChI is InChI=1S/C20H27N3O2S/c1-25-18-6-3-5-16(9-18)10-20(15-24)7-4-8-23(14-20)13-17-11-21-19(26-2)22-12-17/h3,5-6,9,11-12,24H,4,7-8,10,13-15H2,1-2H3/t20-/m1/s1. The zero-order valence-electron chi connectivity index (χ0n) is 15.5. The molecule has 1 aliphatic heterocycles. The topological polar surface area (TPSA) is 58.5 Å². The number of aromatic nitrogens is 2. The van der Waals surface area contributed by atoms with Gasteiger partial charge in [0.2, 0.25) is 0 Å². The minimum atomic E-state index is -0.106. The maximum absolute atomic E-state index is 10.2. The third-order valence-electron chi connectivity index (χ3n) is 5.06. The average molecular weight is 374 g/mol. The number of rotatable bonds is 7. The number of nitrogens with zero attached hydrogens (tertiary/aromatic N) is 3. The lowest BCUT2D eigenvalue weighted by atomic mass is 9.75. The molecule has 0 saturated carbocycles. The van der Waals surface area contributed by atoms with Gasteiger partial charge >= 0.3 is 0 Å². The minimum Gasteiger partial charge on any atom is -0.497 e. The summed E-state index contributed by atoms with van der Waals surface area (Å²) in [4.78, 5) is 11.1. The molecule has 1 aromatic carbocycles. The molecule has 5 nitrogen and oxygen atoms in total. The fraction of sp³-hybridized carbons (Fsp3) is 0.500. The van der Waals surface area contributed by atoms with Gasteiger partial charge in [0.05, 0.1) is 13.7 Å². The van der Waals surface area contributed by atoms with E-state index in [0.717, 1.165) is 55.4 Å². The SMILES string of the molecule is COc1cccc(C[C@]2(CO)CCCN(Cc3cnc(SC)nc3)C2)c1. The molecule has 0 radical (unpaired) electrons. The Kier molecular flexibility index (Phi) is 6.51. The number of thioether (sulfide) groups is 1. The van der Waals surface area contributed by atoms with E-state index in [4.69, 9.17) is 4.74 Å². The summed E-state index contributed by atoms with van der Waals surface area (Å²) in [6.45, 7) is 2.95. The van der Waals surface area contributed by atoms with Crippen LogP contribution in [-0.4, -0.2) is 53.0 Å². The van der Waals surface area contributed by atoms with Crippen molar-refractivity contribution in [1.82, 2.24) is 14.9 Å². The molecule has 140 valence electrons. The highest BCUT2D eigenvalue weighted by atomic mass is 32.2. The predicted octanol–water partition coefficient (Wildman–Crippen LogP) is 3.02. The number of ether oxygens (including phenoxy) is 1. The number of benzene rings is 1. The Morgan fingerprint density at radius 3 is 2.77 bits per heavy atom. The van der Waals surface area contributed by atoms with Crippen molar-refractivity contribution in [3.8, 4) is 5.75 Å². The molecule has 3 rings (SSSR count). The number of likely N-dealkylation sites (tertiary alicyclic amines) is 1. The highest BCUT2D eigenvalue weighted by Gasteiger charge is 2.35. The summed E-state index contributed by atoms with van der Waals surface area (Å²) < 4.78 is 5.34. The van der Waals surface area contributed by atoms with Gasteiger partial charge < -0.3 is 9.84 Å². The molecule has 1 aromatic heterocycles. The molecular formula is C20H27N3O2S. The van der Waals surface area contributed by atoms with Crippen molar-refractivity contribution in [2.45, 2.75) is 31.0 Å². The van der Waals surface area contributed by atoms with Gasteiger partial charge in [-0.1, -0.05) is 23.9 Å². The number of aliphatic hydroxyl groups excluding tert-OH is 1. The van der Waals surface area contributed by atoms with E-state index in [0.29, 0.717) is 0 Å². The van der Waals surface area contributed by atoms with Crippen LogP contribution in [0.4, 0.5) is 0 Å². The van der Waals surface area contributed by atoms with Gasteiger partial charge in [-0.25, -0.2) is 9.97 Å². The van der Waals surface area contributed by atoms with Crippen LogP contribution in [0.25, 0.3) is 0 Å². The van der Waals surface area contributed by atoms with Crippen molar-refractivity contribution in [3.63, 3.8) is 0 Å². The average Bonchev–Trinajstić information content (AvgIpc) is 2.69. The Hall–Kier alpha value is -1.63. The molecule has 0 aliphatic carbocycles. The summed E-state index contributed by atoms with van der Waals surface area (Å²) in [6, 6.07) is 8.17. The molecule has 0 amide bonds. The van der Waals surface area contributed by atoms with Gasteiger partial charge in [-0.15, -0.1) is 0 Å². The molecule has 1 fully saturated rings. The van der Waals surface area contributed by atoms with Crippen molar-refractivity contribution >= 4 is 11.8 Å². The Morgan fingerprint density at radius 2 is 2.08 bits per heavy atom. The van der Waals surface area contributed by atoms with Crippen molar-refractivity contribution in [2.75, 3.05) is 33.1 Å². The normalized spacial score (nSPS) is 20.9. The van der Waals surface area contributed by atoms with E-state index in [9.17, 15) is 5.11 Å². The molecule has 1 saturated heterocycles. The molecule has 2 heterocycles. The van der Waals surface area contributed by atoms with Gasteiger partial charge in [0.1, 0.15) is 5.75 Å². The molecule has 0 unspecified atom stereocenters. The summed E-state index contributed by atoms with van der Waals surface area (Å²) in [5.74, 6) is 0.870. The monoisotopic (exact) mass is 373 g/mol. The lowest BCUT2D eigenvalue weighted by Gasteiger charge is -2.42. The smallest absolute Gasteiger partial charge is 0.187 e. The van der Waals surface area contributed by atoms with E-state index in [1.165, 1.54) is 5.56 Å². The van der Waals surface area contributed by atoms with Gasteiger partial charge in [-0.2, -0.15) is 0 Å². The summed E-state index contributed by atoms with van der Waals surface area (Å²) in [5, 5.41) is 11.0. The third-order valence-corrected chi connectivity index (χ3v) is 5.64. The first-order chi connectivity index (χ1) is 12.7. The van der Waals surface area contributed by atoms with Crippen LogP contribution in [0.15, 0.2) is 41.8 Å². The van der Waals surface area contributed by atoms with E-state index in [1.54, 1.807) is 18.9 Å². The number of aliphatic hydroxyl groups is 1. The summed E-state index contributed by atoms with van der Waals surface area (Å²) in [6.07, 6.45) is 8.80. The molecule has 26 heavy (non-hydrogen) atoms. The quantitative estimate of drug-likeness (QED) is 0.595. The van der Waals surface area contributed by atoms with E-state index in [-0.39, 0.29) is 12.0 Å². The third kappa shape index (κ3) is 4.75. The first kappa shape index (κ1) is 19.1. The van der Waals surface area contributed by atoms with Gasteiger partial charge in [-0.05, 0) is 49.8 Å². The van der Waals surface area contributed by atoms with Crippen LogP contribution in [-0.2, 0) is 13.0 Å². The summed E-state index contributed by atoms with van der Waals surface area (Å²) >= 11 is 1.55. The fourth-order valence-corrected chi connectivity index (χ4v) is 4.09. The number of piperidine rings is 1. The molecule has 2 aromatic rings. The molecule has 0 bridgehead atoms. The van der Waals surface area contributed by atoms with Crippen LogP contribution in [0.2, 0.25) is 0 Å². The van der Waals surface area contributed by atoms with Crippen LogP contribution in [0.3, 0.4) is 0 Å². The van der Waals surface area contributed by atoms with Gasteiger partial charge in [-0.3, -0.25) is 4.90 Å². The fourth-order valence-electron chi connectivity index (χ4n) is 3.78. The first-order valence-corrected chi connectivity index (χ1v) is 10.2. The molecule has 1 N–H and O–H groups in total. The number of hydrogen-bond donors (Lipinski definition) is 1. The van der Waals surface area contributed by atoms with E-state index < -0.39 is 0 Å². The van der Waals surface area contributed by atoms with Crippen molar-refractivity contribution in [3.05, 3.63) is 47.8 Å². The molecular weight excluding hydrogens is 346 g/mol. The first-order valence-electron chi connectivity index (χ1n) is 8.97. The van der Waals surface area contributed by atoms with Crippen LogP contribution >= 0.6 is 11.8 Å². The molecule has 6 heteroatoms. The maximum atomic E-state index is 10.2. The Morgan fingerprint density at radius 1 is 1.27 bits per heavy atom. The Bertz CT molecular complexity index is 710. The van der Waals surface area contributed by atoms with E-state index in [1.807, 2.05) is 30.8 Å². The summed E-state index contributed by atoms with van der Waals surface area (Å²) in [7, 11) is 1.69. The summed E-state index contributed by atoms with van der Waals surface area (Å²) in [5.41, 5.74) is 2.23. The lowest BCUT2D eigenvalue weighted by molar-refractivity contribution is 0.0287. The van der Waals surface area contributed by atoms with E-state index >= 15 is 0 Å². The van der Waals surface area contributed by atoms with Crippen LogP contribution in [0, 0.1) is 5.41 Å². The van der Waals surface area contributed by atoms with Crippen LogP contribution < -0.4 is 4.74 Å². The Labute approximate surface area is 159 Å². The highest BCUT2D eigenvalue weighted by molar-refractivity contribution is 7.98. The second kappa shape index (κ2) is 8.84. The zero-order valence-corrected chi connectivity index (χ0v) is 16.3. The zero-order chi connectivity index (χ0) is 18.4. The van der Waals surface area contributed by atoms with Gasteiger partial charge in [0.15, 0.2) is 5.16 Å². The second-order valence-corrected chi connectivity index (χ2v) is 7.85. The van der Waals surface area contributed by atoms with E-state index in [2.05, 4.69) is 27.0 Å². The second-order valence-electron chi connectivity index (χ2n) is 7.08. The van der Waals surface area contributed by atoms with Crippen LogP contribution in [0.5, 0.6) is 5.75 Å². The van der Waals surface area contributed by atoms with Crippen LogP contribution in [0.1, 0.15) is 24.0 Å². The van der Waals surface area contributed by atoms with Crippen molar-refractivity contribution in [1.29, 1.82) is 0 Å². The number of methoxy groups -OCH3 is 1. The van der Waals surface area contributed by atoms with Gasteiger partial charge in [0, 0.05) is 36.5 Å².